The molecule has 9 heteroatoms. The van der Waals surface area contributed by atoms with Crippen molar-refractivity contribution in [1.29, 1.82) is 0 Å². The van der Waals surface area contributed by atoms with Crippen LogP contribution < -0.4 is 10.2 Å². The first-order chi connectivity index (χ1) is 15.2. The molecule has 2 heterocycles. The Labute approximate surface area is 188 Å². The van der Waals surface area contributed by atoms with Gasteiger partial charge in [-0.3, -0.25) is 9.59 Å². The summed E-state index contributed by atoms with van der Waals surface area (Å²) in [7, 11) is -3.97. The van der Waals surface area contributed by atoms with Crippen molar-refractivity contribution in [2.75, 3.05) is 42.9 Å². The van der Waals surface area contributed by atoms with Gasteiger partial charge in [0.25, 0.3) is 21.8 Å². The van der Waals surface area contributed by atoms with Crippen LogP contribution in [0.2, 0.25) is 0 Å². The van der Waals surface area contributed by atoms with Crippen molar-refractivity contribution >= 4 is 33.2 Å². The van der Waals surface area contributed by atoms with Crippen LogP contribution in [0.25, 0.3) is 0 Å². The maximum absolute atomic E-state index is 13.0. The monoisotopic (exact) mass is 456 g/mol. The van der Waals surface area contributed by atoms with Gasteiger partial charge in [-0.25, -0.2) is 12.7 Å². The highest BCUT2D eigenvalue weighted by Crippen LogP contribution is 2.33. The molecule has 170 valence electrons. The van der Waals surface area contributed by atoms with Gasteiger partial charge in [-0.15, -0.1) is 0 Å². The maximum atomic E-state index is 13.0. The van der Waals surface area contributed by atoms with E-state index in [0.717, 1.165) is 42.7 Å². The molecular weight excluding hydrogens is 428 g/mol. The normalized spacial score (nSPS) is 18.2. The summed E-state index contributed by atoms with van der Waals surface area (Å²) in [5.74, 6) is -0.975. The van der Waals surface area contributed by atoms with Gasteiger partial charge in [0, 0.05) is 37.8 Å². The van der Waals surface area contributed by atoms with Crippen LogP contribution in [0.15, 0.2) is 47.4 Å². The summed E-state index contributed by atoms with van der Waals surface area (Å²) in [4.78, 5) is 30.1. The number of likely N-dealkylation sites (N-methyl/N-ethyl adjacent to an activating group) is 1. The first-order valence-electron chi connectivity index (χ1n) is 10.8. The van der Waals surface area contributed by atoms with Gasteiger partial charge in [-0.05, 0) is 50.7 Å². The summed E-state index contributed by atoms with van der Waals surface area (Å²) in [5, 5.41) is 2.93. The molecule has 2 aromatic carbocycles. The molecule has 2 aliphatic heterocycles. The number of amides is 2. The second kappa shape index (κ2) is 8.55. The number of benzene rings is 2. The van der Waals surface area contributed by atoms with Gasteiger partial charge in [-0.2, -0.15) is 0 Å². The van der Waals surface area contributed by atoms with Crippen molar-refractivity contribution < 1.29 is 18.0 Å². The Hall–Kier alpha value is -2.91. The van der Waals surface area contributed by atoms with E-state index in [2.05, 4.69) is 22.0 Å². The number of hydrogen-bond acceptors (Lipinski definition) is 6. The van der Waals surface area contributed by atoms with Gasteiger partial charge >= 0.3 is 0 Å². The molecule has 0 aromatic heterocycles. The highest BCUT2D eigenvalue weighted by molar-refractivity contribution is 7.90. The van der Waals surface area contributed by atoms with Gasteiger partial charge in [0.05, 0.1) is 16.9 Å². The standard InChI is InChI=1S/C23H28N4O4S/c1-4-25-11-13-26(14-12-25)20-8-6-5-7-19(20)24-22(28)17-9-10-18-21(15-17)32(30,31)27(16(2)3)23(18)29/h5-10,15-16H,4,11-14H2,1-3H3,(H,24,28). The molecule has 0 atom stereocenters. The van der Waals surface area contributed by atoms with Crippen LogP contribution in [-0.2, 0) is 10.0 Å². The molecule has 8 nitrogen and oxygen atoms in total. The van der Waals surface area contributed by atoms with E-state index in [0.29, 0.717) is 5.69 Å². The molecule has 0 unspecified atom stereocenters. The van der Waals surface area contributed by atoms with E-state index in [1.54, 1.807) is 13.8 Å². The lowest BCUT2D eigenvalue weighted by molar-refractivity contribution is 0.0846. The summed E-state index contributed by atoms with van der Waals surface area (Å²) < 4.78 is 26.6. The van der Waals surface area contributed by atoms with Gasteiger partial charge in [0.15, 0.2) is 0 Å². The van der Waals surface area contributed by atoms with Gasteiger partial charge in [-0.1, -0.05) is 19.1 Å². The number of anilines is 2. The Kier molecular flexibility index (Phi) is 5.96. The van der Waals surface area contributed by atoms with Gasteiger partial charge in [0.2, 0.25) is 0 Å². The molecule has 2 aromatic rings. The predicted octanol–water partition coefficient (Wildman–Crippen LogP) is 2.63. The lowest BCUT2D eigenvalue weighted by Gasteiger charge is -2.36. The minimum atomic E-state index is -3.97. The van der Waals surface area contributed by atoms with Crippen molar-refractivity contribution in [2.24, 2.45) is 0 Å². The minimum Gasteiger partial charge on any atom is -0.367 e. The summed E-state index contributed by atoms with van der Waals surface area (Å²) in [6.45, 7) is 10.1. The molecule has 0 spiro atoms. The third kappa shape index (κ3) is 3.86. The topological polar surface area (TPSA) is 90.0 Å². The smallest absolute Gasteiger partial charge is 0.269 e. The number of nitrogens with zero attached hydrogens (tertiary/aromatic N) is 3. The van der Waals surface area contributed by atoms with Gasteiger partial charge < -0.3 is 15.1 Å². The van der Waals surface area contributed by atoms with Crippen LogP contribution in [0.1, 0.15) is 41.5 Å². The molecule has 2 aliphatic rings. The number of fused-ring (bicyclic) bond motifs is 1. The van der Waals surface area contributed by atoms with Crippen LogP contribution in [-0.4, -0.2) is 68.2 Å². The number of hydrogen-bond donors (Lipinski definition) is 1. The van der Waals surface area contributed by atoms with Crippen molar-refractivity contribution in [3.63, 3.8) is 0 Å². The van der Waals surface area contributed by atoms with E-state index in [4.69, 9.17) is 0 Å². The number of carbonyl (C=O) groups is 2. The SMILES string of the molecule is CCN1CCN(c2ccccc2NC(=O)c2ccc3c(c2)S(=O)(=O)N(C(C)C)C3=O)CC1. The third-order valence-electron chi connectivity index (χ3n) is 5.99. The number of carbonyl (C=O) groups excluding carboxylic acids is 2. The molecule has 4 rings (SSSR count). The first-order valence-corrected chi connectivity index (χ1v) is 12.3. The lowest BCUT2D eigenvalue weighted by atomic mass is 10.1. The molecule has 1 N–H and O–H groups in total. The Balaban J connectivity index is 1.59. The Morgan fingerprint density at radius 2 is 1.75 bits per heavy atom. The molecular formula is C23H28N4O4S. The molecule has 2 amide bonds. The summed E-state index contributed by atoms with van der Waals surface area (Å²) in [6.07, 6.45) is 0. The van der Waals surface area contributed by atoms with Crippen molar-refractivity contribution in [3.8, 4) is 0 Å². The molecule has 0 radical (unpaired) electrons. The van der Waals surface area contributed by atoms with E-state index in [9.17, 15) is 18.0 Å². The van der Waals surface area contributed by atoms with Gasteiger partial charge in [0.1, 0.15) is 4.90 Å². The number of para-hydroxylation sites is 2. The molecule has 0 bridgehead atoms. The Morgan fingerprint density at radius 1 is 1.06 bits per heavy atom. The summed E-state index contributed by atoms with van der Waals surface area (Å²) in [5.41, 5.74) is 1.90. The lowest BCUT2D eigenvalue weighted by Crippen LogP contribution is -2.46. The van der Waals surface area contributed by atoms with E-state index in [1.165, 1.54) is 18.2 Å². The van der Waals surface area contributed by atoms with Crippen LogP contribution in [0.4, 0.5) is 11.4 Å². The zero-order valence-corrected chi connectivity index (χ0v) is 19.4. The number of sulfonamides is 1. The van der Waals surface area contributed by atoms with Crippen molar-refractivity contribution in [1.82, 2.24) is 9.21 Å². The molecule has 32 heavy (non-hydrogen) atoms. The third-order valence-corrected chi connectivity index (χ3v) is 7.99. The van der Waals surface area contributed by atoms with Crippen LogP contribution in [0.3, 0.4) is 0 Å². The van der Waals surface area contributed by atoms with Crippen LogP contribution in [0, 0.1) is 0 Å². The second-order valence-corrected chi connectivity index (χ2v) is 10.1. The summed E-state index contributed by atoms with van der Waals surface area (Å²) >= 11 is 0. The number of nitrogens with one attached hydrogen (secondary N) is 1. The highest BCUT2D eigenvalue weighted by Gasteiger charge is 2.43. The quantitative estimate of drug-likeness (QED) is 0.744. The van der Waals surface area contributed by atoms with E-state index >= 15 is 0 Å². The van der Waals surface area contributed by atoms with E-state index < -0.39 is 27.9 Å². The highest BCUT2D eigenvalue weighted by atomic mass is 32.2. The fourth-order valence-corrected chi connectivity index (χ4v) is 6.05. The summed E-state index contributed by atoms with van der Waals surface area (Å²) in [6, 6.07) is 11.3. The van der Waals surface area contributed by atoms with Crippen molar-refractivity contribution in [2.45, 2.75) is 31.7 Å². The van der Waals surface area contributed by atoms with Crippen LogP contribution >= 0.6 is 0 Å². The largest absolute Gasteiger partial charge is 0.367 e. The fourth-order valence-electron chi connectivity index (χ4n) is 4.25. The predicted molar refractivity (Wildman–Crippen MR) is 124 cm³/mol. The fraction of sp³-hybridized carbons (Fsp3) is 0.391. The maximum Gasteiger partial charge on any atom is 0.269 e. The average molecular weight is 457 g/mol. The molecule has 1 fully saturated rings. The van der Waals surface area contributed by atoms with Crippen molar-refractivity contribution in [3.05, 3.63) is 53.6 Å². The van der Waals surface area contributed by atoms with E-state index in [1.807, 2.05) is 24.3 Å². The molecule has 1 saturated heterocycles. The number of rotatable bonds is 5. The first kappa shape index (κ1) is 22.3. The Bertz CT molecular complexity index is 1150. The molecule has 0 aliphatic carbocycles. The van der Waals surface area contributed by atoms with Crippen LogP contribution in [0.5, 0.6) is 0 Å². The van der Waals surface area contributed by atoms with E-state index in [-0.39, 0.29) is 16.0 Å². The Morgan fingerprint density at radius 3 is 2.41 bits per heavy atom. The number of piperazine rings is 1. The minimum absolute atomic E-state index is 0.101. The zero-order chi connectivity index (χ0) is 23.0. The molecule has 0 saturated carbocycles. The zero-order valence-electron chi connectivity index (χ0n) is 18.5. The second-order valence-electron chi connectivity index (χ2n) is 8.30. The average Bonchev–Trinajstić information content (AvgIpc) is 2.99.